The van der Waals surface area contributed by atoms with Crippen molar-refractivity contribution in [1.29, 1.82) is 0 Å². The highest BCUT2D eigenvalue weighted by molar-refractivity contribution is 7.22. The number of aromatic nitrogens is 1. The van der Waals surface area contributed by atoms with E-state index in [4.69, 9.17) is 16.3 Å². The van der Waals surface area contributed by atoms with Crippen molar-refractivity contribution >= 4 is 56.6 Å². The number of para-hydroxylation sites is 1. The van der Waals surface area contributed by atoms with Crippen LogP contribution in [0.4, 0.5) is 13.9 Å². The Bertz CT molecular complexity index is 1060. The Labute approximate surface area is 194 Å². The van der Waals surface area contributed by atoms with Crippen molar-refractivity contribution in [3.63, 3.8) is 0 Å². The third kappa shape index (κ3) is 5.51. The van der Waals surface area contributed by atoms with Gasteiger partial charge >= 0.3 is 0 Å². The Morgan fingerprint density at radius 2 is 1.97 bits per heavy atom. The van der Waals surface area contributed by atoms with E-state index >= 15 is 0 Å². The number of thiazole rings is 1. The first kappa shape index (κ1) is 23.8. The molecule has 1 aliphatic heterocycles. The molecule has 31 heavy (non-hydrogen) atoms. The first-order valence-electron chi connectivity index (χ1n) is 9.65. The number of morpholine rings is 1. The maximum atomic E-state index is 13.7. The number of fused-ring (bicyclic) bond motifs is 1. The van der Waals surface area contributed by atoms with Crippen molar-refractivity contribution in [1.82, 2.24) is 9.88 Å². The largest absolute Gasteiger partial charge is 0.379 e. The Morgan fingerprint density at radius 1 is 1.19 bits per heavy atom. The summed E-state index contributed by atoms with van der Waals surface area (Å²) in [5.41, 5.74) is 0.695. The summed E-state index contributed by atoms with van der Waals surface area (Å²) in [6.07, 6.45) is 0.707. The predicted octanol–water partition coefficient (Wildman–Crippen LogP) is 5.02. The molecule has 0 unspecified atom stereocenters. The van der Waals surface area contributed by atoms with Crippen LogP contribution >= 0.6 is 35.3 Å². The number of nitrogens with zero attached hydrogens (tertiary/aromatic N) is 3. The van der Waals surface area contributed by atoms with E-state index in [1.807, 2.05) is 12.1 Å². The van der Waals surface area contributed by atoms with E-state index in [9.17, 15) is 13.6 Å². The number of hydrogen-bond acceptors (Lipinski definition) is 5. The molecule has 1 saturated heterocycles. The summed E-state index contributed by atoms with van der Waals surface area (Å²) in [7, 11) is 0. The minimum absolute atomic E-state index is 0. The zero-order valence-corrected chi connectivity index (χ0v) is 18.9. The second-order valence-electron chi connectivity index (χ2n) is 6.98. The highest BCUT2D eigenvalue weighted by Gasteiger charge is 2.23. The van der Waals surface area contributed by atoms with Gasteiger partial charge in [-0.25, -0.2) is 13.8 Å². The third-order valence-electron chi connectivity index (χ3n) is 4.96. The lowest BCUT2D eigenvalue weighted by Gasteiger charge is -2.27. The van der Waals surface area contributed by atoms with E-state index in [1.165, 1.54) is 22.3 Å². The van der Waals surface area contributed by atoms with E-state index in [0.717, 1.165) is 36.5 Å². The van der Waals surface area contributed by atoms with Crippen LogP contribution in [-0.2, 0) is 4.74 Å². The number of benzene rings is 2. The van der Waals surface area contributed by atoms with Gasteiger partial charge < -0.3 is 4.74 Å². The fourth-order valence-corrected chi connectivity index (χ4v) is 4.65. The van der Waals surface area contributed by atoms with Gasteiger partial charge in [-0.2, -0.15) is 0 Å². The van der Waals surface area contributed by atoms with Gasteiger partial charge in [0, 0.05) is 31.7 Å². The first-order chi connectivity index (χ1) is 14.5. The molecule has 2 aromatic carbocycles. The molecule has 5 nitrogen and oxygen atoms in total. The molecule has 166 valence electrons. The van der Waals surface area contributed by atoms with Gasteiger partial charge in [0.05, 0.1) is 22.9 Å². The van der Waals surface area contributed by atoms with Crippen LogP contribution in [-0.4, -0.2) is 55.2 Å². The Balaban J connectivity index is 0.00000272. The summed E-state index contributed by atoms with van der Waals surface area (Å²) in [6, 6.07) is 8.63. The normalized spacial score (nSPS) is 14.4. The van der Waals surface area contributed by atoms with Gasteiger partial charge in [0.1, 0.15) is 5.52 Å². The second kappa shape index (κ2) is 10.7. The summed E-state index contributed by atoms with van der Waals surface area (Å²) in [4.78, 5) is 21.5. The van der Waals surface area contributed by atoms with Gasteiger partial charge in [-0.15, -0.1) is 12.4 Å². The molecule has 0 spiro atoms. The molecule has 2 heterocycles. The second-order valence-corrected chi connectivity index (χ2v) is 8.39. The molecule has 1 fully saturated rings. The minimum atomic E-state index is -1.05. The summed E-state index contributed by atoms with van der Waals surface area (Å²) < 4.78 is 33.3. The Morgan fingerprint density at radius 3 is 2.68 bits per heavy atom. The van der Waals surface area contributed by atoms with Gasteiger partial charge in [-0.1, -0.05) is 29.0 Å². The zero-order chi connectivity index (χ0) is 21.1. The smallest absolute Gasteiger partial charge is 0.260 e. The van der Waals surface area contributed by atoms with Crippen LogP contribution in [0.3, 0.4) is 0 Å². The molecule has 0 aliphatic carbocycles. The fourth-order valence-electron chi connectivity index (χ4n) is 3.36. The number of rotatable bonds is 6. The van der Waals surface area contributed by atoms with Gasteiger partial charge in [-0.05, 0) is 36.8 Å². The van der Waals surface area contributed by atoms with Crippen LogP contribution < -0.4 is 4.90 Å². The number of halogens is 4. The lowest BCUT2D eigenvalue weighted by molar-refractivity contribution is 0.0376. The zero-order valence-electron chi connectivity index (χ0n) is 16.5. The molecule has 4 rings (SSSR count). The molecule has 0 bridgehead atoms. The minimum Gasteiger partial charge on any atom is -0.379 e. The lowest BCUT2D eigenvalue weighted by atomic mass is 10.2. The van der Waals surface area contributed by atoms with Crippen LogP contribution in [0.5, 0.6) is 0 Å². The molecule has 0 saturated carbocycles. The van der Waals surface area contributed by atoms with Crippen molar-refractivity contribution in [2.24, 2.45) is 0 Å². The standard InChI is InChI=1S/C21H20ClF2N3O2S.ClH/c22-15-3-1-4-18-19(15)25-21(30-18)27(8-2-7-26-9-11-29-12-10-26)20(28)14-5-6-16(23)17(24)13-14;/h1,3-6,13H,2,7-12H2;1H. The van der Waals surface area contributed by atoms with Crippen molar-refractivity contribution in [3.05, 3.63) is 58.6 Å². The molecule has 1 aromatic heterocycles. The molecule has 0 radical (unpaired) electrons. The van der Waals surface area contributed by atoms with Crippen LogP contribution in [0, 0.1) is 11.6 Å². The number of carbonyl (C=O) groups excluding carboxylic acids is 1. The SMILES string of the molecule is Cl.O=C(c1ccc(F)c(F)c1)N(CCCN1CCOCC1)c1nc2c(Cl)cccc2s1. The van der Waals surface area contributed by atoms with E-state index in [-0.39, 0.29) is 18.0 Å². The summed E-state index contributed by atoms with van der Waals surface area (Å²) >= 11 is 7.59. The van der Waals surface area contributed by atoms with Crippen molar-refractivity contribution in [3.8, 4) is 0 Å². The summed E-state index contributed by atoms with van der Waals surface area (Å²) in [6.45, 7) is 4.31. The Hall–Kier alpha value is -1.84. The monoisotopic (exact) mass is 487 g/mol. The van der Waals surface area contributed by atoms with Crippen LogP contribution in [0.25, 0.3) is 10.2 Å². The maximum Gasteiger partial charge on any atom is 0.260 e. The average molecular weight is 488 g/mol. The first-order valence-corrected chi connectivity index (χ1v) is 10.8. The molecule has 0 atom stereocenters. The Kier molecular flexibility index (Phi) is 8.18. The van der Waals surface area contributed by atoms with Crippen molar-refractivity contribution in [2.45, 2.75) is 6.42 Å². The van der Waals surface area contributed by atoms with E-state index in [2.05, 4.69) is 9.88 Å². The molecule has 0 N–H and O–H groups in total. The maximum absolute atomic E-state index is 13.7. The predicted molar refractivity (Wildman–Crippen MR) is 122 cm³/mol. The third-order valence-corrected chi connectivity index (χ3v) is 6.31. The van der Waals surface area contributed by atoms with Gasteiger partial charge in [0.25, 0.3) is 5.91 Å². The van der Waals surface area contributed by atoms with Gasteiger partial charge in [-0.3, -0.25) is 14.6 Å². The van der Waals surface area contributed by atoms with Crippen LogP contribution in [0.2, 0.25) is 5.02 Å². The van der Waals surface area contributed by atoms with E-state index in [1.54, 1.807) is 6.07 Å². The summed E-state index contributed by atoms with van der Waals surface area (Å²) in [5, 5.41) is 0.985. The number of hydrogen-bond donors (Lipinski definition) is 0. The highest BCUT2D eigenvalue weighted by Crippen LogP contribution is 2.33. The number of amides is 1. The molecule has 1 amide bonds. The van der Waals surface area contributed by atoms with E-state index < -0.39 is 17.5 Å². The molecular weight excluding hydrogens is 467 g/mol. The molecule has 3 aromatic rings. The molecule has 10 heteroatoms. The van der Waals surface area contributed by atoms with Crippen LogP contribution in [0.15, 0.2) is 36.4 Å². The molecular formula is C21H21Cl2F2N3O2S. The fraction of sp³-hybridized carbons (Fsp3) is 0.333. The topological polar surface area (TPSA) is 45.7 Å². The number of anilines is 1. The lowest BCUT2D eigenvalue weighted by Crippen LogP contribution is -2.39. The van der Waals surface area contributed by atoms with E-state index in [0.29, 0.717) is 41.9 Å². The molecule has 1 aliphatic rings. The van der Waals surface area contributed by atoms with Crippen molar-refractivity contribution in [2.75, 3.05) is 44.3 Å². The summed E-state index contributed by atoms with van der Waals surface area (Å²) in [5.74, 6) is -2.47. The highest BCUT2D eigenvalue weighted by atomic mass is 35.5. The number of carbonyl (C=O) groups is 1. The van der Waals surface area contributed by atoms with Crippen LogP contribution in [0.1, 0.15) is 16.8 Å². The number of ether oxygens (including phenoxy) is 1. The van der Waals surface area contributed by atoms with Gasteiger partial charge in [0.2, 0.25) is 0 Å². The quantitative estimate of drug-likeness (QED) is 0.489. The average Bonchev–Trinajstić information content (AvgIpc) is 3.19. The van der Waals surface area contributed by atoms with Crippen molar-refractivity contribution < 1.29 is 18.3 Å². The van der Waals surface area contributed by atoms with Gasteiger partial charge in [0.15, 0.2) is 16.8 Å².